The molecular weight excluding hydrogens is 198 g/mol. The summed E-state index contributed by atoms with van der Waals surface area (Å²) in [5.41, 5.74) is 1.81. The number of likely N-dealkylation sites (tertiary alicyclic amines) is 1. The normalized spacial score (nSPS) is 20.9. The Morgan fingerprint density at radius 2 is 2.00 bits per heavy atom. The van der Waals surface area contributed by atoms with Gasteiger partial charge in [-0.1, -0.05) is 31.2 Å². The lowest BCUT2D eigenvalue weighted by Crippen LogP contribution is -2.40. The van der Waals surface area contributed by atoms with E-state index in [-0.39, 0.29) is 0 Å². The van der Waals surface area contributed by atoms with E-state index in [0.717, 1.165) is 37.9 Å². The van der Waals surface area contributed by atoms with E-state index in [1.807, 2.05) is 0 Å². The topological polar surface area (TPSA) is 23.5 Å². The average Bonchev–Trinajstić information content (AvgIpc) is 2.33. The fraction of sp³-hybridized carbons (Fsp3) is 0.571. The maximum absolute atomic E-state index is 10.7. The van der Waals surface area contributed by atoms with Gasteiger partial charge in [-0.2, -0.15) is 0 Å². The quantitative estimate of drug-likeness (QED) is 0.824. The zero-order chi connectivity index (χ0) is 11.6. The third-order valence-corrected chi connectivity index (χ3v) is 3.69. The molecule has 0 radical (unpaired) electrons. The second-order valence-electron chi connectivity index (χ2n) is 4.89. The van der Waals surface area contributed by atoms with Gasteiger partial charge < -0.3 is 10.0 Å². The summed E-state index contributed by atoms with van der Waals surface area (Å²) in [7, 11) is 2.11. The molecular formula is C14H21NO. The molecule has 2 rings (SSSR count). The molecule has 0 amide bonds. The van der Waals surface area contributed by atoms with Crippen LogP contribution < -0.4 is 0 Å². The maximum Gasteiger partial charge on any atom is 0.0921 e. The summed E-state index contributed by atoms with van der Waals surface area (Å²) < 4.78 is 0. The van der Waals surface area contributed by atoms with Crippen LogP contribution in [0.3, 0.4) is 0 Å². The third-order valence-electron chi connectivity index (χ3n) is 3.69. The van der Waals surface area contributed by atoms with Gasteiger partial charge in [0, 0.05) is 13.1 Å². The van der Waals surface area contributed by atoms with Crippen molar-refractivity contribution in [2.24, 2.45) is 0 Å². The smallest absolute Gasteiger partial charge is 0.0921 e. The molecule has 0 unspecified atom stereocenters. The number of nitrogens with zero attached hydrogens (tertiary/aromatic N) is 1. The highest BCUT2D eigenvalue weighted by Gasteiger charge is 2.32. The molecule has 2 heteroatoms. The first kappa shape index (κ1) is 11.6. The van der Waals surface area contributed by atoms with Gasteiger partial charge in [-0.25, -0.2) is 0 Å². The van der Waals surface area contributed by atoms with Crippen LogP contribution in [0.15, 0.2) is 24.3 Å². The highest BCUT2D eigenvalue weighted by atomic mass is 16.3. The van der Waals surface area contributed by atoms with Crippen molar-refractivity contribution < 1.29 is 5.11 Å². The Kier molecular flexibility index (Phi) is 3.31. The SMILES string of the molecule is CCc1cccc(C2(O)CCN(C)CC2)c1. The van der Waals surface area contributed by atoms with E-state index in [1.54, 1.807) is 0 Å². The van der Waals surface area contributed by atoms with Crippen LogP contribution in [-0.4, -0.2) is 30.1 Å². The van der Waals surface area contributed by atoms with Gasteiger partial charge >= 0.3 is 0 Å². The van der Waals surface area contributed by atoms with E-state index in [4.69, 9.17) is 0 Å². The van der Waals surface area contributed by atoms with Crippen LogP contribution in [0.2, 0.25) is 0 Å². The number of benzene rings is 1. The first-order valence-electron chi connectivity index (χ1n) is 6.14. The minimum atomic E-state index is -0.600. The van der Waals surface area contributed by atoms with E-state index in [2.05, 4.69) is 43.1 Å². The summed E-state index contributed by atoms with van der Waals surface area (Å²) >= 11 is 0. The van der Waals surface area contributed by atoms with E-state index in [9.17, 15) is 5.11 Å². The molecule has 0 bridgehead atoms. The number of aryl methyl sites for hydroxylation is 1. The predicted molar refractivity (Wildman–Crippen MR) is 66.4 cm³/mol. The van der Waals surface area contributed by atoms with Gasteiger partial charge in [-0.3, -0.25) is 0 Å². The molecule has 88 valence electrons. The van der Waals surface area contributed by atoms with Gasteiger partial charge in [-0.15, -0.1) is 0 Å². The van der Waals surface area contributed by atoms with Crippen LogP contribution in [0.4, 0.5) is 0 Å². The summed E-state index contributed by atoms with van der Waals surface area (Å²) in [6.45, 7) is 4.11. The summed E-state index contributed by atoms with van der Waals surface area (Å²) in [5, 5.41) is 10.7. The molecule has 1 aliphatic rings. The van der Waals surface area contributed by atoms with E-state index in [1.165, 1.54) is 5.56 Å². The van der Waals surface area contributed by atoms with Crippen molar-refractivity contribution in [1.29, 1.82) is 0 Å². The minimum absolute atomic E-state index is 0.600. The molecule has 2 nitrogen and oxygen atoms in total. The predicted octanol–water partition coefficient (Wildman–Crippen LogP) is 2.16. The molecule has 0 aliphatic carbocycles. The molecule has 16 heavy (non-hydrogen) atoms. The molecule has 1 heterocycles. The van der Waals surface area contributed by atoms with Gasteiger partial charge in [0.05, 0.1) is 5.60 Å². The number of aliphatic hydroxyl groups is 1. The number of hydrogen-bond acceptors (Lipinski definition) is 2. The summed E-state index contributed by atoms with van der Waals surface area (Å²) in [5.74, 6) is 0. The first-order chi connectivity index (χ1) is 7.64. The van der Waals surface area contributed by atoms with Crippen molar-refractivity contribution >= 4 is 0 Å². The molecule has 1 saturated heterocycles. The Bertz CT molecular complexity index is 354. The van der Waals surface area contributed by atoms with Crippen molar-refractivity contribution in [3.8, 4) is 0 Å². The van der Waals surface area contributed by atoms with Crippen molar-refractivity contribution in [3.63, 3.8) is 0 Å². The first-order valence-corrected chi connectivity index (χ1v) is 6.14. The Morgan fingerprint density at radius 1 is 1.31 bits per heavy atom. The second kappa shape index (κ2) is 4.56. The summed E-state index contributed by atoms with van der Waals surface area (Å²) in [6.07, 6.45) is 2.72. The lowest BCUT2D eigenvalue weighted by Gasteiger charge is -2.37. The number of piperidine rings is 1. The van der Waals surface area contributed by atoms with Gasteiger partial charge in [0.25, 0.3) is 0 Å². The Balaban J connectivity index is 2.21. The summed E-state index contributed by atoms with van der Waals surface area (Å²) in [6, 6.07) is 8.40. The minimum Gasteiger partial charge on any atom is -0.385 e. The summed E-state index contributed by atoms with van der Waals surface area (Å²) in [4.78, 5) is 2.28. The third kappa shape index (κ3) is 2.28. The largest absolute Gasteiger partial charge is 0.385 e. The number of rotatable bonds is 2. The van der Waals surface area contributed by atoms with Crippen LogP contribution in [0, 0.1) is 0 Å². The molecule has 1 fully saturated rings. The fourth-order valence-electron chi connectivity index (χ4n) is 2.36. The Morgan fingerprint density at radius 3 is 2.62 bits per heavy atom. The standard InChI is InChI=1S/C14H21NO/c1-3-12-5-4-6-13(11-12)14(16)7-9-15(2)10-8-14/h4-6,11,16H,3,7-10H2,1-2H3. The molecule has 1 aromatic carbocycles. The van der Waals surface area contributed by atoms with E-state index < -0.39 is 5.60 Å². The lowest BCUT2D eigenvalue weighted by atomic mass is 9.84. The molecule has 0 atom stereocenters. The highest BCUT2D eigenvalue weighted by molar-refractivity contribution is 5.28. The Hall–Kier alpha value is -0.860. The van der Waals surface area contributed by atoms with Crippen LogP contribution >= 0.6 is 0 Å². The second-order valence-corrected chi connectivity index (χ2v) is 4.89. The Labute approximate surface area is 97.9 Å². The molecule has 0 aromatic heterocycles. The molecule has 1 aliphatic heterocycles. The van der Waals surface area contributed by atoms with Crippen LogP contribution in [0.25, 0.3) is 0 Å². The van der Waals surface area contributed by atoms with Crippen molar-refractivity contribution in [1.82, 2.24) is 4.90 Å². The van der Waals surface area contributed by atoms with Crippen LogP contribution in [0.1, 0.15) is 30.9 Å². The van der Waals surface area contributed by atoms with Gasteiger partial charge in [0.15, 0.2) is 0 Å². The van der Waals surface area contributed by atoms with Gasteiger partial charge in [0.2, 0.25) is 0 Å². The molecule has 0 spiro atoms. The van der Waals surface area contributed by atoms with Crippen molar-refractivity contribution in [2.45, 2.75) is 31.8 Å². The molecule has 0 saturated carbocycles. The maximum atomic E-state index is 10.7. The molecule has 1 N–H and O–H groups in total. The van der Waals surface area contributed by atoms with Crippen molar-refractivity contribution in [3.05, 3.63) is 35.4 Å². The average molecular weight is 219 g/mol. The van der Waals surface area contributed by atoms with Gasteiger partial charge in [0.1, 0.15) is 0 Å². The fourth-order valence-corrected chi connectivity index (χ4v) is 2.36. The van der Waals surface area contributed by atoms with Crippen LogP contribution in [0.5, 0.6) is 0 Å². The van der Waals surface area contributed by atoms with E-state index in [0.29, 0.717) is 0 Å². The zero-order valence-corrected chi connectivity index (χ0v) is 10.2. The number of hydrogen-bond donors (Lipinski definition) is 1. The van der Waals surface area contributed by atoms with E-state index >= 15 is 0 Å². The van der Waals surface area contributed by atoms with Crippen molar-refractivity contribution in [2.75, 3.05) is 20.1 Å². The lowest BCUT2D eigenvalue weighted by molar-refractivity contribution is -0.0203. The van der Waals surface area contributed by atoms with Crippen LogP contribution in [-0.2, 0) is 12.0 Å². The highest BCUT2D eigenvalue weighted by Crippen LogP contribution is 2.32. The van der Waals surface area contributed by atoms with Gasteiger partial charge in [-0.05, 0) is 37.4 Å². The molecule has 1 aromatic rings. The zero-order valence-electron chi connectivity index (χ0n) is 10.2. The monoisotopic (exact) mass is 219 g/mol.